The van der Waals surface area contributed by atoms with Crippen molar-refractivity contribution >= 4 is 23.1 Å². The van der Waals surface area contributed by atoms with Crippen LogP contribution in [0.5, 0.6) is 5.88 Å². The summed E-state index contributed by atoms with van der Waals surface area (Å²) >= 11 is 0. The van der Waals surface area contributed by atoms with Gasteiger partial charge in [-0.3, -0.25) is 9.36 Å². The van der Waals surface area contributed by atoms with Gasteiger partial charge in [-0.05, 0) is 6.42 Å². The number of aliphatic hydroxyl groups excluding tert-OH is 2. The first-order chi connectivity index (χ1) is 13.0. The Hall–Kier alpha value is -2.50. The molecule has 1 fully saturated rings. The van der Waals surface area contributed by atoms with Gasteiger partial charge in [0.15, 0.2) is 23.5 Å². The third-order valence-corrected chi connectivity index (χ3v) is 4.37. The zero-order chi connectivity index (χ0) is 19.6. The van der Waals surface area contributed by atoms with Crippen LogP contribution < -0.4 is 10.5 Å². The van der Waals surface area contributed by atoms with Crippen molar-refractivity contribution in [3.8, 4) is 5.88 Å². The summed E-state index contributed by atoms with van der Waals surface area (Å²) < 4.78 is 17.8. The van der Waals surface area contributed by atoms with Gasteiger partial charge in [-0.15, -0.1) is 0 Å². The van der Waals surface area contributed by atoms with Gasteiger partial charge in [-0.1, -0.05) is 13.3 Å². The molecule has 1 saturated heterocycles. The molecule has 2 aromatic rings. The molecule has 3 heterocycles. The molecule has 0 saturated carbocycles. The first-order valence-corrected chi connectivity index (χ1v) is 8.68. The number of hydrogen-bond donors (Lipinski definition) is 3. The Morgan fingerprint density at radius 2 is 2.22 bits per heavy atom. The van der Waals surface area contributed by atoms with E-state index in [1.807, 2.05) is 6.92 Å². The number of hydrogen-bond acceptors (Lipinski definition) is 10. The lowest BCUT2D eigenvalue weighted by molar-refractivity contribution is -0.158. The molecular weight excluding hydrogens is 358 g/mol. The van der Waals surface area contributed by atoms with Gasteiger partial charge >= 0.3 is 5.97 Å². The van der Waals surface area contributed by atoms with Crippen molar-refractivity contribution in [1.82, 2.24) is 19.5 Å². The monoisotopic (exact) mass is 381 g/mol. The van der Waals surface area contributed by atoms with Crippen LogP contribution in [0.4, 0.5) is 5.95 Å². The molecule has 0 bridgehead atoms. The molecule has 3 rings (SSSR count). The van der Waals surface area contributed by atoms with E-state index in [9.17, 15) is 15.0 Å². The van der Waals surface area contributed by atoms with Crippen molar-refractivity contribution in [2.24, 2.45) is 0 Å². The fourth-order valence-corrected chi connectivity index (χ4v) is 2.99. The van der Waals surface area contributed by atoms with Crippen LogP contribution in [-0.4, -0.2) is 67.7 Å². The number of aliphatic hydroxyl groups is 2. The Morgan fingerprint density at radius 1 is 1.44 bits per heavy atom. The SMILES string of the molecule is CCCCC(=O)O[C@H]1[C@H](O)[C@@H](CO)O[C@H]1n1cnc2c(OC)nc(N)nc21. The maximum atomic E-state index is 12.1. The second-order valence-electron chi connectivity index (χ2n) is 6.21. The lowest BCUT2D eigenvalue weighted by Crippen LogP contribution is -2.37. The average Bonchev–Trinajstić information content (AvgIpc) is 3.20. The molecule has 0 radical (unpaired) electrons. The fourth-order valence-electron chi connectivity index (χ4n) is 2.99. The minimum Gasteiger partial charge on any atom is -0.479 e. The number of carbonyl (C=O) groups is 1. The van der Waals surface area contributed by atoms with Crippen molar-refractivity contribution < 1.29 is 29.2 Å². The summed E-state index contributed by atoms with van der Waals surface area (Å²) in [4.78, 5) is 24.4. The summed E-state index contributed by atoms with van der Waals surface area (Å²) in [6, 6.07) is 0. The molecule has 4 atom stereocenters. The molecule has 2 aromatic heterocycles. The molecule has 11 heteroatoms. The smallest absolute Gasteiger partial charge is 0.306 e. The number of aromatic nitrogens is 4. The Labute approximate surface area is 155 Å². The normalized spacial score (nSPS) is 25.0. The molecule has 0 spiro atoms. The molecule has 1 aliphatic heterocycles. The number of anilines is 1. The van der Waals surface area contributed by atoms with E-state index < -0.39 is 37.1 Å². The largest absolute Gasteiger partial charge is 0.479 e. The fraction of sp³-hybridized carbons (Fsp3) is 0.625. The lowest BCUT2D eigenvalue weighted by Gasteiger charge is -2.22. The highest BCUT2D eigenvalue weighted by atomic mass is 16.6. The Balaban J connectivity index is 1.96. The van der Waals surface area contributed by atoms with Crippen molar-refractivity contribution in [1.29, 1.82) is 0 Å². The number of nitrogens with zero attached hydrogens (tertiary/aromatic N) is 4. The Morgan fingerprint density at radius 3 is 2.89 bits per heavy atom. The molecule has 0 aromatic carbocycles. The zero-order valence-electron chi connectivity index (χ0n) is 15.1. The van der Waals surface area contributed by atoms with Crippen LogP contribution in [0.2, 0.25) is 0 Å². The minimum absolute atomic E-state index is 0.0326. The molecule has 0 aliphatic carbocycles. The molecule has 1 aliphatic rings. The number of unbranched alkanes of at least 4 members (excludes halogenated alkanes) is 1. The van der Waals surface area contributed by atoms with Gasteiger partial charge in [0.25, 0.3) is 0 Å². The van der Waals surface area contributed by atoms with E-state index in [1.165, 1.54) is 18.0 Å². The first kappa shape index (κ1) is 19.3. The van der Waals surface area contributed by atoms with Crippen LogP contribution >= 0.6 is 0 Å². The van der Waals surface area contributed by atoms with Crippen LogP contribution in [0.3, 0.4) is 0 Å². The van der Waals surface area contributed by atoms with Gasteiger partial charge in [0, 0.05) is 6.42 Å². The Kier molecular flexibility index (Phi) is 5.73. The van der Waals surface area contributed by atoms with Crippen LogP contribution in [0, 0.1) is 0 Å². The number of nitrogen functional groups attached to an aromatic ring is 1. The van der Waals surface area contributed by atoms with Crippen molar-refractivity contribution in [2.45, 2.75) is 50.7 Å². The number of fused-ring (bicyclic) bond motifs is 1. The van der Waals surface area contributed by atoms with Crippen molar-refractivity contribution in [3.05, 3.63) is 6.33 Å². The number of methoxy groups -OCH3 is 1. The zero-order valence-corrected chi connectivity index (χ0v) is 15.1. The predicted octanol–water partition coefficient (Wildman–Crippen LogP) is -0.230. The number of ether oxygens (including phenoxy) is 3. The average molecular weight is 381 g/mol. The first-order valence-electron chi connectivity index (χ1n) is 8.68. The Bertz CT molecular complexity index is 812. The van der Waals surface area contributed by atoms with Gasteiger partial charge in [-0.2, -0.15) is 9.97 Å². The summed E-state index contributed by atoms with van der Waals surface area (Å²) in [7, 11) is 1.43. The number of rotatable bonds is 7. The van der Waals surface area contributed by atoms with Gasteiger partial charge in [0.1, 0.15) is 12.2 Å². The van der Waals surface area contributed by atoms with E-state index in [1.54, 1.807) is 0 Å². The molecule has 148 valence electrons. The maximum Gasteiger partial charge on any atom is 0.306 e. The molecular formula is C16H23N5O6. The van der Waals surface area contributed by atoms with E-state index in [0.717, 1.165) is 6.42 Å². The highest BCUT2D eigenvalue weighted by Gasteiger charge is 2.47. The third kappa shape index (κ3) is 3.66. The third-order valence-electron chi connectivity index (χ3n) is 4.37. The minimum atomic E-state index is -1.20. The highest BCUT2D eigenvalue weighted by Crippen LogP contribution is 2.35. The standard InChI is InChI=1S/C16H23N5O6/c1-3-4-5-9(23)27-12-11(24)8(6-22)26-15(12)21-7-18-10-13(21)19-16(17)20-14(10)25-2/h7-8,11-12,15,22,24H,3-6H2,1-2H3,(H2,17,19,20)/t8-,11-,12+,15-/m1/s1. The van der Waals surface area contributed by atoms with E-state index in [4.69, 9.17) is 19.9 Å². The van der Waals surface area contributed by atoms with E-state index in [0.29, 0.717) is 17.6 Å². The highest BCUT2D eigenvalue weighted by molar-refractivity contribution is 5.77. The summed E-state index contributed by atoms with van der Waals surface area (Å²) in [6.45, 7) is 1.52. The summed E-state index contributed by atoms with van der Waals surface area (Å²) in [5.41, 5.74) is 6.36. The second kappa shape index (κ2) is 8.03. The van der Waals surface area contributed by atoms with Gasteiger partial charge in [0.05, 0.1) is 20.0 Å². The van der Waals surface area contributed by atoms with Crippen LogP contribution in [0.1, 0.15) is 32.4 Å². The van der Waals surface area contributed by atoms with E-state index in [-0.39, 0.29) is 18.2 Å². The molecule has 27 heavy (non-hydrogen) atoms. The van der Waals surface area contributed by atoms with Crippen molar-refractivity contribution in [3.63, 3.8) is 0 Å². The summed E-state index contributed by atoms with van der Waals surface area (Å²) in [6.07, 6.45) is -0.954. The quantitative estimate of drug-likeness (QED) is 0.548. The van der Waals surface area contributed by atoms with Gasteiger partial charge < -0.3 is 30.2 Å². The summed E-state index contributed by atoms with van der Waals surface area (Å²) in [5, 5.41) is 19.9. The topological polar surface area (TPSA) is 155 Å². The van der Waals surface area contributed by atoms with Crippen LogP contribution in [0.25, 0.3) is 11.2 Å². The van der Waals surface area contributed by atoms with E-state index in [2.05, 4.69) is 15.0 Å². The van der Waals surface area contributed by atoms with Gasteiger partial charge in [-0.25, -0.2) is 4.98 Å². The lowest BCUT2D eigenvalue weighted by atomic mass is 10.1. The van der Waals surface area contributed by atoms with Crippen LogP contribution in [0.15, 0.2) is 6.33 Å². The van der Waals surface area contributed by atoms with Gasteiger partial charge in [0.2, 0.25) is 11.8 Å². The predicted molar refractivity (Wildman–Crippen MR) is 92.7 cm³/mol. The number of nitrogens with two attached hydrogens (primary N) is 1. The second-order valence-corrected chi connectivity index (χ2v) is 6.21. The number of carbonyl (C=O) groups excluding carboxylic acids is 1. The number of imidazole rings is 1. The van der Waals surface area contributed by atoms with E-state index >= 15 is 0 Å². The molecule has 0 unspecified atom stereocenters. The molecule has 4 N–H and O–H groups in total. The maximum absolute atomic E-state index is 12.1. The molecule has 11 nitrogen and oxygen atoms in total. The summed E-state index contributed by atoms with van der Waals surface area (Å²) in [5.74, 6) is -0.302. The number of esters is 1. The van der Waals surface area contributed by atoms with Crippen LogP contribution in [-0.2, 0) is 14.3 Å². The van der Waals surface area contributed by atoms with Crippen molar-refractivity contribution in [2.75, 3.05) is 19.5 Å². The molecule has 0 amide bonds.